The first-order valence-corrected chi connectivity index (χ1v) is 18.5. The highest BCUT2D eigenvalue weighted by atomic mass is 32.2. The minimum absolute atomic E-state index is 0.0534. The molecule has 2 N–H and O–H groups in total. The van der Waals surface area contributed by atoms with Gasteiger partial charge >= 0.3 is 12.1 Å². The van der Waals surface area contributed by atoms with E-state index >= 15 is 0 Å². The Morgan fingerprint density at radius 1 is 1.06 bits per heavy atom. The van der Waals surface area contributed by atoms with E-state index in [-0.39, 0.29) is 30.0 Å². The van der Waals surface area contributed by atoms with Crippen molar-refractivity contribution in [3.63, 3.8) is 0 Å². The van der Waals surface area contributed by atoms with Gasteiger partial charge in [-0.2, -0.15) is 13.2 Å². The number of imidazole rings is 1. The standard InChI is InChI=1S/C29H35FN4O2S.C8H5F4NO.C2H6/c1-17-11-21(34-16-29(30)14-22(34)15-29)12-24(27(17)28(35)36)19-5-7-20(8-6-19)33(4)37-23-9-10-26-25(13-23)31-18(2)32(26)3;9-6-3-5(8(10,11)12)1-2-7(6)13-4-14;1-2/h5-10,13,17,21-22,24,27H,11-12,14-16H2,1-4H3,(H,35,36);1-4H,(H,13,14);1-2H3/t17-,21?,22?,24-,27?,29?;;/m0../s1. The molecule has 4 aliphatic rings. The van der Waals surface area contributed by atoms with E-state index in [1.54, 1.807) is 11.9 Å². The highest BCUT2D eigenvalue weighted by Crippen LogP contribution is 2.52. The highest BCUT2D eigenvalue weighted by Gasteiger charge is 2.58. The van der Waals surface area contributed by atoms with Crippen LogP contribution in [0.4, 0.5) is 33.3 Å². The largest absolute Gasteiger partial charge is 0.481 e. The van der Waals surface area contributed by atoms with Gasteiger partial charge < -0.3 is 19.3 Å². The maximum Gasteiger partial charge on any atom is 0.416 e. The number of rotatable bonds is 8. The summed E-state index contributed by atoms with van der Waals surface area (Å²) in [5.41, 5.74) is 1.85. The fourth-order valence-electron chi connectivity index (χ4n) is 7.94. The van der Waals surface area contributed by atoms with Crippen LogP contribution in [0.2, 0.25) is 0 Å². The summed E-state index contributed by atoms with van der Waals surface area (Å²) in [6, 6.07) is 17.2. The van der Waals surface area contributed by atoms with E-state index in [9.17, 15) is 36.6 Å². The number of carbonyl (C=O) groups is 2. The van der Waals surface area contributed by atoms with Crippen LogP contribution in [0.5, 0.6) is 0 Å². The number of carboxylic acids is 1. The Balaban J connectivity index is 0.000000285. The molecular weight excluding hydrogens is 714 g/mol. The van der Waals surface area contributed by atoms with Crippen LogP contribution in [0, 0.1) is 24.6 Å². The van der Waals surface area contributed by atoms with Gasteiger partial charge in [0.25, 0.3) is 0 Å². The molecule has 8 nitrogen and oxygen atoms in total. The second-order valence-corrected chi connectivity index (χ2v) is 15.2. The quantitative estimate of drug-likeness (QED) is 0.105. The summed E-state index contributed by atoms with van der Waals surface area (Å²) < 4.78 is 67.8. The van der Waals surface area contributed by atoms with Crippen LogP contribution in [0.3, 0.4) is 0 Å². The molecule has 0 spiro atoms. The van der Waals surface area contributed by atoms with Crippen molar-refractivity contribution in [3.05, 3.63) is 83.4 Å². The molecule has 2 bridgehead atoms. The molecular formula is C39H46F5N5O3S. The molecule has 8 rings (SSSR count). The second kappa shape index (κ2) is 16.1. The SMILES string of the molecule is CC.Cc1nc2cc(SN(C)c3ccc([C@@H]4CC(N5CC6(F)CC5C6)C[C@H](C)C4C(=O)O)cc3)ccc2n1C.O=CNc1ccc(C(F)(F)F)cc1F. The van der Waals surface area contributed by atoms with Gasteiger partial charge in [0.15, 0.2) is 0 Å². The molecule has 4 aromatic rings. The molecule has 14 heteroatoms. The van der Waals surface area contributed by atoms with Crippen molar-refractivity contribution < 1.29 is 36.6 Å². The number of aliphatic carboxylic acids is 1. The molecule has 4 atom stereocenters. The molecule has 2 aliphatic heterocycles. The lowest BCUT2D eigenvalue weighted by Gasteiger charge is -2.43. The Hall–Kier alpha value is -4.17. The fourth-order valence-corrected chi connectivity index (χ4v) is 8.78. The fraction of sp³-hybridized carbons (Fsp3) is 0.462. The summed E-state index contributed by atoms with van der Waals surface area (Å²) in [6.07, 6.45) is -1.49. The van der Waals surface area contributed by atoms with E-state index in [2.05, 4.69) is 68.1 Å². The zero-order valence-corrected chi connectivity index (χ0v) is 31.4. The predicted octanol–water partition coefficient (Wildman–Crippen LogP) is 9.23. The molecule has 0 radical (unpaired) electrons. The van der Waals surface area contributed by atoms with Crippen LogP contribution in [-0.2, 0) is 22.8 Å². The van der Waals surface area contributed by atoms with Gasteiger partial charge in [0.2, 0.25) is 6.41 Å². The lowest BCUT2D eigenvalue weighted by Crippen LogP contribution is -2.46. The smallest absolute Gasteiger partial charge is 0.416 e. The molecule has 3 heterocycles. The van der Waals surface area contributed by atoms with E-state index in [0.717, 1.165) is 51.9 Å². The highest BCUT2D eigenvalue weighted by molar-refractivity contribution is 8.00. The molecule has 2 saturated heterocycles. The normalized spacial score (nSPS) is 25.0. The third-order valence-corrected chi connectivity index (χ3v) is 11.6. The minimum atomic E-state index is -4.58. The lowest BCUT2D eigenvalue weighted by molar-refractivity contribution is -0.146. The number of carboxylic acid groups (broad SMARTS) is 1. The van der Waals surface area contributed by atoms with Gasteiger partial charge in [-0.15, -0.1) is 0 Å². The number of fused-ring (bicyclic) bond motifs is 2. The number of anilines is 2. The Morgan fingerprint density at radius 3 is 2.30 bits per heavy atom. The molecule has 1 amide bonds. The Labute approximate surface area is 310 Å². The van der Waals surface area contributed by atoms with Gasteiger partial charge in [-0.05, 0) is 110 Å². The van der Waals surface area contributed by atoms with E-state index in [1.807, 2.05) is 40.2 Å². The summed E-state index contributed by atoms with van der Waals surface area (Å²) >= 11 is 1.64. The average molecular weight is 760 g/mol. The predicted molar refractivity (Wildman–Crippen MR) is 198 cm³/mol. The zero-order chi connectivity index (χ0) is 38.8. The molecule has 4 fully saturated rings. The zero-order valence-electron chi connectivity index (χ0n) is 30.6. The van der Waals surface area contributed by atoms with E-state index in [4.69, 9.17) is 0 Å². The molecule has 3 aromatic carbocycles. The maximum absolute atomic E-state index is 14.6. The average Bonchev–Trinajstić information content (AvgIpc) is 3.72. The number of carbonyl (C=O) groups excluding carboxylic acids is 1. The van der Waals surface area contributed by atoms with Crippen molar-refractivity contribution in [3.8, 4) is 0 Å². The summed E-state index contributed by atoms with van der Waals surface area (Å²) in [6.45, 7) is 8.59. The van der Waals surface area contributed by atoms with Gasteiger partial charge in [0.05, 0.1) is 28.2 Å². The molecule has 53 heavy (non-hydrogen) atoms. The Morgan fingerprint density at radius 2 is 1.74 bits per heavy atom. The Kier molecular flexibility index (Phi) is 12.1. The lowest BCUT2D eigenvalue weighted by atomic mass is 9.67. The molecule has 2 unspecified atom stereocenters. The number of alkyl halides is 4. The molecule has 286 valence electrons. The van der Waals surface area contributed by atoms with Crippen LogP contribution in [0.1, 0.15) is 69.3 Å². The van der Waals surface area contributed by atoms with Crippen molar-refractivity contribution in [1.29, 1.82) is 0 Å². The maximum atomic E-state index is 14.6. The number of aryl methyl sites for hydroxylation is 2. The van der Waals surface area contributed by atoms with Crippen molar-refractivity contribution >= 4 is 46.7 Å². The van der Waals surface area contributed by atoms with Crippen LogP contribution in [0.15, 0.2) is 65.6 Å². The third-order valence-electron chi connectivity index (χ3n) is 10.6. The van der Waals surface area contributed by atoms with Crippen molar-refractivity contribution in [2.45, 2.75) is 88.1 Å². The number of hydrogen-bond acceptors (Lipinski definition) is 6. The van der Waals surface area contributed by atoms with Gasteiger partial charge in [-0.1, -0.05) is 32.9 Å². The summed E-state index contributed by atoms with van der Waals surface area (Å²) in [5.74, 6) is -1.28. The van der Waals surface area contributed by atoms with E-state index in [0.29, 0.717) is 37.6 Å². The van der Waals surface area contributed by atoms with Gasteiger partial charge in [0.1, 0.15) is 17.3 Å². The van der Waals surface area contributed by atoms with Gasteiger partial charge in [-0.3, -0.25) is 14.5 Å². The minimum Gasteiger partial charge on any atom is -0.481 e. The van der Waals surface area contributed by atoms with Crippen molar-refractivity contribution in [2.75, 3.05) is 23.2 Å². The summed E-state index contributed by atoms with van der Waals surface area (Å²) in [5, 5.41) is 12.0. The first-order chi connectivity index (χ1) is 25.1. The molecule has 1 aromatic heterocycles. The topological polar surface area (TPSA) is 90.7 Å². The number of benzene rings is 3. The number of amides is 1. The van der Waals surface area contributed by atoms with Gasteiger partial charge in [0, 0.05) is 43.3 Å². The Bertz CT molecular complexity index is 1910. The number of nitrogens with zero attached hydrogens (tertiary/aromatic N) is 4. The van der Waals surface area contributed by atoms with E-state index in [1.165, 1.54) is 0 Å². The number of halogens is 5. The molecule has 2 aliphatic carbocycles. The van der Waals surface area contributed by atoms with Crippen molar-refractivity contribution in [2.24, 2.45) is 18.9 Å². The number of hydrogen-bond donors (Lipinski definition) is 2. The third kappa shape index (κ3) is 8.64. The summed E-state index contributed by atoms with van der Waals surface area (Å²) in [4.78, 5) is 30.3. The number of aromatic nitrogens is 2. The van der Waals surface area contributed by atoms with Crippen LogP contribution >= 0.6 is 11.9 Å². The van der Waals surface area contributed by atoms with Crippen LogP contribution in [-0.4, -0.2) is 63.3 Å². The van der Waals surface area contributed by atoms with E-state index < -0.39 is 35.1 Å². The van der Waals surface area contributed by atoms with Gasteiger partial charge in [-0.25, -0.2) is 13.8 Å². The van der Waals surface area contributed by atoms with Crippen molar-refractivity contribution in [1.82, 2.24) is 14.5 Å². The van der Waals surface area contributed by atoms with Crippen LogP contribution in [0.25, 0.3) is 11.0 Å². The second-order valence-electron chi connectivity index (χ2n) is 14.0. The molecule has 2 saturated carbocycles. The summed E-state index contributed by atoms with van der Waals surface area (Å²) in [7, 11) is 4.07. The first kappa shape index (κ1) is 40.0. The van der Waals surface area contributed by atoms with Crippen LogP contribution < -0.4 is 9.62 Å². The number of nitrogens with one attached hydrogen (secondary N) is 1. The monoisotopic (exact) mass is 759 g/mol. The first-order valence-electron chi connectivity index (χ1n) is 17.8.